The Labute approximate surface area is 174 Å². The molecule has 0 bridgehead atoms. The molecule has 1 N–H and O–H groups in total. The second-order valence-corrected chi connectivity index (χ2v) is 7.64. The van der Waals surface area contributed by atoms with Gasteiger partial charge < -0.3 is 5.32 Å². The third-order valence-corrected chi connectivity index (χ3v) is 4.97. The summed E-state index contributed by atoms with van der Waals surface area (Å²) >= 11 is 0. The van der Waals surface area contributed by atoms with Crippen molar-refractivity contribution < 1.29 is 4.79 Å². The number of aromatic nitrogens is 4. The number of nitrogens with one attached hydrogen (secondary N) is 1. The minimum Gasteiger partial charge on any atom is -0.325 e. The van der Waals surface area contributed by atoms with Gasteiger partial charge in [0.2, 0.25) is 5.91 Å². The Bertz CT molecular complexity index is 1270. The molecule has 1 amide bonds. The van der Waals surface area contributed by atoms with Crippen molar-refractivity contribution >= 4 is 22.6 Å². The lowest BCUT2D eigenvalue weighted by Crippen LogP contribution is -2.27. The molecular formula is C23H23N5O2. The lowest BCUT2D eigenvalue weighted by Gasteiger charge is -2.09. The van der Waals surface area contributed by atoms with Gasteiger partial charge in [-0.3, -0.25) is 14.2 Å². The van der Waals surface area contributed by atoms with Crippen molar-refractivity contribution in [2.24, 2.45) is 0 Å². The van der Waals surface area contributed by atoms with Gasteiger partial charge in [-0.2, -0.15) is 5.10 Å². The predicted octanol–water partition coefficient (Wildman–Crippen LogP) is 3.65. The van der Waals surface area contributed by atoms with Gasteiger partial charge in [-0.15, -0.1) is 0 Å². The highest BCUT2D eigenvalue weighted by atomic mass is 16.2. The van der Waals surface area contributed by atoms with Crippen molar-refractivity contribution in [3.63, 3.8) is 0 Å². The molecule has 2 heterocycles. The summed E-state index contributed by atoms with van der Waals surface area (Å²) in [6.07, 6.45) is 2.89. The average molecular weight is 401 g/mol. The molecule has 0 aliphatic rings. The SMILES string of the molecule is Cc1cccc(NC(=O)Cn2cnc3c(cnn3-c3ccc(C(C)C)cc3)c2=O)c1. The molecule has 7 heteroatoms. The molecule has 0 radical (unpaired) electrons. The molecule has 0 aliphatic carbocycles. The van der Waals surface area contributed by atoms with Gasteiger partial charge in [0.15, 0.2) is 5.65 Å². The summed E-state index contributed by atoms with van der Waals surface area (Å²) in [5.41, 5.74) is 3.96. The standard InChI is InChI=1S/C23H23N5O2/c1-15(2)17-7-9-19(10-8-17)28-22-20(12-25-28)23(30)27(14-24-22)13-21(29)26-18-6-4-5-16(3)11-18/h4-12,14-15H,13H2,1-3H3,(H,26,29). The van der Waals surface area contributed by atoms with Crippen molar-refractivity contribution in [2.45, 2.75) is 33.2 Å². The second kappa shape index (κ2) is 7.94. The van der Waals surface area contributed by atoms with Gasteiger partial charge in [-0.1, -0.05) is 38.1 Å². The minimum absolute atomic E-state index is 0.121. The topological polar surface area (TPSA) is 81.8 Å². The van der Waals surface area contributed by atoms with Gasteiger partial charge in [-0.25, -0.2) is 9.67 Å². The molecule has 0 unspecified atom stereocenters. The van der Waals surface area contributed by atoms with E-state index in [1.54, 1.807) is 4.68 Å². The maximum absolute atomic E-state index is 12.8. The van der Waals surface area contributed by atoms with Crippen LogP contribution in [0.5, 0.6) is 0 Å². The number of rotatable bonds is 5. The summed E-state index contributed by atoms with van der Waals surface area (Å²) in [6.45, 7) is 6.10. The van der Waals surface area contributed by atoms with E-state index < -0.39 is 0 Å². The van der Waals surface area contributed by atoms with Gasteiger partial charge in [0.1, 0.15) is 18.3 Å². The molecule has 2 aromatic heterocycles. The highest BCUT2D eigenvalue weighted by Gasteiger charge is 2.13. The molecule has 152 valence electrons. The van der Waals surface area contributed by atoms with Gasteiger partial charge in [0.25, 0.3) is 5.56 Å². The highest BCUT2D eigenvalue weighted by molar-refractivity contribution is 5.90. The summed E-state index contributed by atoms with van der Waals surface area (Å²) in [6, 6.07) is 15.5. The van der Waals surface area contributed by atoms with E-state index in [1.807, 2.05) is 55.5 Å². The summed E-state index contributed by atoms with van der Waals surface area (Å²) in [5, 5.41) is 7.51. The number of hydrogen-bond acceptors (Lipinski definition) is 4. The van der Waals surface area contributed by atoms with Crippen LogP contribution < -0.4 is 10.9 Å². The Morgan fingerprint density at radius 1 is 1.13 bits per heavy atom. The number of carbonyl (C=O) groups is 1. The third kappa shape index (κ3) is 3.87. The Balaban J connectivity index is 1.59. The van der Waals surface area contributed by atoms with Crippen LogP contribution in [0, 0.1) is 6.92 Å². The number of fused-ring (bicyclic) bond motifs is 1. The van der Waals surface area contributed by atoms with E-state index in [1.165, 1.54) is 22.7 Å². The molecule has 0 fully saturated rings. The monoisotopic (exact) mass is 401 g/mol. The summed E-state index contributed by atoms with van der Waals surface area (Å²) in [7, 11) is 0. The van der Waals surface area contributed by atoms with E-state index in [0.717, 1.165) is 11.3 Å². The van der Waals surface area contributed by atoms with E-state index in [0.29, 0.717) is 22.6 Å². The molecule has 0 saturated heterocycles. The van der Waals surface area contributed by atoms with Crippen molar-refractivity contribution in [2.75, 3.05) is 5.32 Å². The lowest BCUT2D eigenvalue weighted by atomic mass is 10.0. The molecular weight excluding hydrogens is 378 g/mol. The molecule has 4 aromatic rings. The average Bonchev–Trinajstić information content (AvgIpc) is 3.15. The molecule has 0 spiro atoms. The Morgan fingerprint density at radius 2 is 1.90 bits per heavy atom. The van der Waals surface area contributed by atoms with E-state index in [2.05, 4.69) is 29.2 Å². The number of anilines is 1. The third-order valence-electron chi connectivity index (χ3n) is 4.97. The Kier molecular flexibility index (Phi) is 5.18. The molecule has 30 heavy (non-hydrogen) atoms. The first-order valence-electron chi connectivity index (χ1n) is 9.82. The van der Waals surface area contributed by atoms with Crippen molar-refractivity contribution in [3.8, 4) is 5.69 Å². The summed E-state index contributed by atoms with van der Waals surface area (Å²) in [5.74, 6) is 0.144. The van der Waals surface area contributed by atoms with E-state index in [-0.39, 0.29) is 18.0 Å². The largest absolute Gasteiger partial charge is 0.325 e. The van der Waals surface area contributed by atoms with E-state index in [9.17, 15) is 9.59 Å². The van der Waals surface area contributed by atoms with E-state index in [4.69, 9.17) is 0 Å². The van der Waals surface area contributed by atoms with Gasteiger partial charge in [-0.05, 0) is 48.2 Å². The zero-order valence-electron chi connectivity index (χ0n) is 17.2. The molecule has 0 atom stereocenters. The van der Waals surface area contributed by atoms with Gasteiger partial charge in [0, 0.05) is 5.69 Å². The molecule has 4 rings (SSSR count). The first-order valence-corrected chi connectivity index (χ1v) is 9.82. The summed E-state index contributed by atoms with van der Waals surface area (Å²) < 4.78 is 2.93. The first-order chi connectivity index (χ1) is 14.4. The van der Waals surface area contributed by atoms with Crippen molar-refractivity contribution in [1.82, 2.24) is 19.3 Å². The highest BCUT2D eigenvalue weighted by Crippen LogP contribution is 2.18. The van der Waals surface area contributed by atoms with E-state index >= 15 is 0 Å². The van der Waals surface area contributed by atoms with Crippen LogP contribution >= 0.6 is 0 Å². The number of benzene rings is 2. The quantitative estimate of drug-likeness (QED) is 0.553. The van der Waals surface area contributed by atoms with Crippen molar-refractivity contribution in [1.29, 1.82) is 0 Å². The molecule has 0 aliphatic heterocycles. The Hall–Kier alpha value is -3.74. The van der Waals surface area contributed by atoms with Crippen LogP contribution in [-0.2, 0) is 11.3 Å². The fraction of sp³-hybridized carbons (Fsp3) is 0.217. The number of amides is 1. The van der Waals surface area contributed by atoms with Crippen LogP contribution in [0.1, 0.15) is 30.9 Å². The molecule has 2 aromatic carbocycles. The van der Waals surface area contributed by atoms with Crippen molar-refractivity contribution in [3.05, 3.63) is 82.5 Å². The zero-order chi connectivity index (χ0) is 21.3. The van der Waals surface area contributed by atoms with Crippen LogP contribution in [0.4, 0.5) is 5.69 Å². The number of hydrogen-bond donors (Lipinski definition) is 1. The van der Waals surface area contributed by atoms with Crippen LogP contribution in [0.25, 0.3) is 16.7 Å². The normalized spacial score (nSPS) is 11.2. The number of aryl methyl sites for hydroxylation is 1. The predicted molar refractivity (Wildman–Crippen MR) is 117 cm³/mol. The van der Waals surface area contributed by atoms with Crippen LogP contribution in [0.3, 0.4) is 0 Å². The maximum atomic E-state index is 12.8. The number of nitrogens with zero attached hydrogens (tertiary/aromatic N) is 4. The van der Waals surface area contributed by atoms with Gasteiger partial charge in [0.05, 0.1) is 11.9 Å². The fourth-order valence-electron chi connectivity index (χ4n) is 3.33. The molecule has 0 saturated carbocycles. The van der Waals surface area contributed by atoms with Crippen LogP contribution in [0.2, 0.25) is 0 Å². The first kappa shape index (κ1) is 19.6. The zero-order valence-corrected chi connectivity index (χ0v) is 17.2. The molecule has 7 nitrogen and oxygen atoms in total. The lowest BCUT2D eigenvalue weighted by molar-refractivity contribution is -0.116. The smallest absolute Gasteiger partial charge is 0.264 e. The van der Waals surface area contributed by atoms with Crippen LogP contribution in [0.15, 0.2) is 65.8 Å². The van der Waals surface area contributed by atoms with Crippen LogP contribution in [-0.4, -0.2) is 25.2 Å². The van der Waals surface area contributed by atoms with Gasteiger partial charge >= 0.3 is 0 Å². The fourth-order valence-corrected chi connectivity index (χ4v) is 3.33. The second-order valence-electron chi connectivity index (χ2n) is 7.64. The maximum Gasteiger partial charge on any atom is 0.264 e. The Morgan fingerprint density at radius 3 is 2.60 bits per heavy atom. The minimum atomic E-state index is -0.301. The number of carbonyl (C=O) groups excluding carboxylic acids is 1. The summed E-state index contributed by atoms with van der Waals surface area (Å²) in [4.78, 5) is 29.6.